The molecule has 0 aliphatic carbocycles. The van der Waals surface area contributed by atoms with Crippen molar-refractivity contribution in [2.24, 2.45) is 0 Å². The third-order valence-corrected chi connectivity index (χ3v) is 1.74. The minimum atomic E-state index is 0.0324. The maximum atomic E-state index is 5.68. The molecular formula is C8H6Cl2OS. The molecule has 0 bridgehead atoms. The van der Waals surface area contributed by atoms with Gasteiger partial charge in [-0.1, -0.05) is 23.7 Å². The first-order chi connectivity index (χ1) is 5.68. The van der Waals surface area contributed by atoms with Gasteiger partial charge in [0.25, 0.3) is 4.51 Å². The van der Waals surface area contributed by atoms with E-state index in [1.807, 2.05) is 12.1 Å². The molecule has 0 heterocycles. The number of rotatable bonds is 2. The molecule has 12 heavy (non-hydrogen) atoms. The van der Waals surface area contributed by atoms with Gasteiger partial charge in [0.2, 0.25) is 0 Å². The van der Waals surface area contributed by atoms with E-state index in [1.165, 1.54) is 0 Å². The van der Waals surface area contributed by atoms with Gasteiger partial charge in [0.1, 0.15) is 6.61 Å². The topological polar surface area (TPSA) is 9.23 Å². The van der Waals surface area contributed by atoms with Crippen molar-refractivity contribution in [1.82, 2.24) is 0 Å². The van der Waals surface area contributed by atoms with Crippen LogP contribution in [-0.2, 0) is 11.3 Å². The van der Waals surface area contributed by atoms with Crippen molar-refractivity contribution in [3.8, 4) is 0 Å². The van der Waals surface area contributed by atoms with Crippen LogP contribution < -0.4 is 0 Å². The van der Waals surface area contributed by atoms with E-state index in [9.17, 15) is 0 Å². The van der Waals surface area contributed by atoms with E-state index in [1.54, 1.807) is 12.1 Å². The molecule has 1 nitrogen and oxygen atoms in total. The second-order valence-corrected chi connectivity index (χ2v) is 3.53. The monoisotopic (exact) mass is 220 g/mol. The Kier molecular flexibility index (Phi) is 3.79. The van der Waals surface area contributed by atoms with Crippen LogP contribution >= 0.6 is 35.4 Å². The van der Waals surface area contributed by atoms with Gasteiger partial charge in [0.05, 0.1) is 0 Å². The highest BCUT2D eigenvalue weighted by Gasteiger charge is 1.94. The second-order valence-electron chi connectivity index (χ2n) is 2.15. The highest BCUT2D eigenvalue weighted by molar-refractivity contribution is 7.82. The lowest BCUT2D eigenvalue weighted by atomic mass is 10.2. The number of ether oxygens (including phenoxy) is 1. The third kappa shape index (κ3) is 3.39. The van der Waals surface area contributed by atoms with Crippen molar-refractivity contribution in [1.29, 1.82) is 0 Å². The number of thiocarbonyl (C=S) groups is 1. The van der Waals surface area contributed by atoms with Crippen LogP contribution in [0.2, 0.25) is 5.02 Å². The summed E-state index contributed by atoms with van der Waals surface area (Å²) < 4.78 is 4.95. The summed E-state index contributed by atoms with van der Waals surface area (Å²) in [5.74, 6) is 0. The number of halogens is 2. The molecule has 1 aromatic carbocycles. The summed E-state index contributed by atoms with van der Waals surface area (Å²) in [6.07, 6.45) is 0. The number of hydrogen-bond donors (Lipinski definition) is 0. The Morgan fingerprint density at radius 2 is 1.92 bits per heavy atom. The average Bonchev–Trinajstić information content (AvgIpc) is 2.03. The molecule has 0 saturated heterocycles. The Morgan fingerprint density at radius 1 is 1.33 bits per heavy atom. The first-order valence-corrected chi connectivity index (χ1v) is 4.41. The second kappa shape index (κ2) is 4.65. The molecule has 0 aliphatic heterocycles. The lowest BCUT2D eigenvalue weighted by molar-refractivity contribution is 0.309. The summed E-state index contributed by atoms with van der Waals surface area (Å²) >= 11 is 15.6. The molecule has 0 aliphatic rings. The van der Waals surface area contributed by atoms with Crippen LogP contribution in [0.3, 0.4) is 0 Å². The van der Waals surface area contributed by atoms with E-state index in [4.69, 9.17) is 27.9 Å². The van der Waals surface area contributed by atoms with E-state index in [-0.39, 0.29) is 4.51 Å². The Morgan fingerprint density at radius 3 is 2.42 bits per heavy atom. The van der Waals surface area contributed by atoms with Gasteiger partial charge in [-0.15, -0.1) is 0 Å². The van der Waals surface area contributed by atoms with Gasteiger partial charge in [-0.3, -0.25) is 0 Å². The average molecular weight is 221 g/mol. The van der Waals surface area contributed by atoms with Gasteiger partial charge in [-0.25, -0.2) is 0 Å². The summed E-state index contributed by atoms with van der Waals surface area (Å²) in [5, 5.41) is 0.701. The van der Waals surface area contributed by atoms with E-state index in [0.717, 1.165) is 5.56 Å². The van der Waals surface area contributed by atoms with Crippen molar-refractivity contribution in [3.63, 3.8) is 0 Å². The smallest absolute Gasteiger partial charge is 0.255 e. The Labute approximate surface area is 86.2 Å². The van der Waals surface area contributed by atoms with E-state index >= 15 is 0 Å². The Bertz CT molecular complexity index is 271. The summed E-state index contributed by atoms with van der Waals surface area (Å²) in [6.45, 7) is 0.388. The van der Waals surface area contributed by atoms with Crippen molar-refractivity contribution in [2.75, 3.05) is 0 Å². The normalized spacial score (nSPS) is 9.50. The van der Waals surface area contributed by atoms with Gasteiger partial charge < -0.3 is 4.74 Å². The minimum absolute atomic E-state index is 0.0324. The highest BCUT2D eigenvalue weighted by Crippen LogP contribution is 2.10. The molecule has 4 heteroatoms. The summed E-state index contributed by atoms with van der Waals surface area (Å²) in [7, 11) is 0. The van der Waals surface area contributed by atoms with E-state index in [0.29, 0.717) is 11.6 Å². The maximum absolute atomic E-state index is 5.68. The van der Waals surface area contributed by atoms with Crippen LogP contribution in [0, 0.1) is 0 Å². The third-order valence-electron chi connectivity index (χ3n) is 1.27. The standard InChI is InChI=1S/C8H6Cl2OS/c9-7-3-1-6(2-4-7)5-11-8(10)12/h1-4H,5H2. The van der Waals surface area contributed by atoms with Crippen LogP contribution in [0.4, 0.5) is 0 Å². The molecule has 0 radical (unpaired) electrons. The maximum Gasteiger partial charge on any atom is 0.255 e. The Balaban J connectivity index is 2.53. The van der Waals surface area contributed by atoms with Crippen LogP contribution in [0.25, 0.3) is 0 Å². The fourth-order valence-corrected chi connectivity index (χ4v) is 0.960. The molecule has 0 saturated carbocycles. The molecule has 0 spiro atoms. The van der Waals surface area contributed by atoms with Crippen LogP contribution in [-0.4, -0.2) is 4.51 Å². The largest absolute Gasteiger partial charge is 0.470 e. The van der Waals surface area contributed by atoms with Crippen LogP contribution in [0.15, 0.2) is 24.3 Å². The Hall–Kier alpha value is -0.310. The molecule has 1 rings (SSSR count). The molecule has 0 unspecified atom stereocenters. The molecule has 0 atom stereocenters. The summed E-state index contributed by atoms with van der Waals surface area (Å²) in [5.41, 5.74) is 0.988. The van der Waals surface area contributed by atoms with Gasteiger partial charge in [0, 0.05) is 5.02 Å². The van der Waals surface area contributed by atoms with Crippen LogP contribution in [0.1, 0.15) is 5.56 Å². The van der Waals surface area contributed by atoms with Crippen molar-refractivity contribution < 1.29 is 4.74 Å². The van der Waals surface area contributed by atoms with Gasteiger partial charge >= 0.3 is 0 Å². The van der Waals surface area contributed by atoms with Gasteiger partial charge in [-0.2, -0.15) is 0 Å². The summed E-state index contributed by atoms with van der Waals surface area (Å²) in [4.78, 5) is 0. The zero-order valence-corrected chi connectivity index (χ0v) is 8.42. The lowest BCUT2D eigenvalue weighted by Crippen LogP contribution is -1.93. The zero-order valence-electron chi connectivity index (χ0n) is 6.09. The van der Waals surface area contributed by atoms with Crippen LogP contribution in [0.5, 0.6) is 0 Å². The lowest BCUT2D eigenvalue weighted by Gasteiger charge is -2.01. The molecule has 64 valence electrons. The van der Waals surface area contributed by atoms with Gasteiger partial charge in [-0.05, 0) is 41.5 Å². The highest BCUT2D eigenvalue weighted by atomic mass is 35.5. The minimum Gasteiger partial charge on any atom is -0.470 e. The number of benzene rings is 1. The van der Waals surface area contributed by atoms with Crippen molar-refractivity contribution >= 4 is 39.9 Å². The fourth-order valence-electron chi connectivity index (χ4n) is 0.721. The van der Waals surface area contributed by atoms with Crippen molar-refractivity contribution in [3.05, 3.63) is 34.9 Å². The number of hydrogen-bond acceptors (Lipinski definition) is 2. The predicted molar refractivity (Wildman–Crippen MR) is 54.7 cm³/mol. The molecule has 0 amide bonds. The SMILES string of the molecule is S=C(Cl)OCc1ccc(Cl)cc1. The first-order valence-electron chi connectivity index (χ1n) is 3.25. The molecule has 0 N–H and O–H groups in total. The zero-order chi connectivity index (χ0) is 8.97. The fraction of sp³-hybridized carbons (Fsp3) is 0.125. The first kappa shape index (κ1) is 9.78. The van der Waals surface area contributed by atoms with Gasteiger partial charge in [0.15, 0.2) is 0 Å². The molecule has 1 aromatic rings. The predicted octanol–water partition coefficient (Wildman–Crippen LogP) is 3.38. The molecular weight excluding hydrogens is 215 g/mol. The summed E-state index contributed by atoms with van der Waals surface area (Å²) in [6, 6.07) is 7.30. The molecule has 0 aromatic heterocycles. The van der Waals surface area contributed by atoms with E-state index < -0.39 is 0 Å². The van der Waals surface area contributed by atoms with Crippen molar-refractivity contribution in [2.45, 2.75) is 6.61 Å². The molecule has 0 fully saturated rings. The van der Waals surface area contributed by atoms with E-state index in [2.05, 4.69) is 12.2 Å². The quantitative estimate of drug-likeness (QED) is 0.559.